The Hall–Kier alpha value is -4.56. The number of fused-ring (bicyclic) bond motifs is 1. The van der Waals surface area contributed by atoms with Crippen molar-refractivity contribution in [1.82, 2.24) is 20.3 Å². The Morgan fingerprint density at radius 1 is 0.825 bits per heavy atom. The normalized spacial score (nSPS) is 10.9. The van der Waals surface area contributed by atoms with Crippen molar-refractivity contribution in [3.63, 3.8) is 0 Å². The maximum Gasteiger partial charge on any atom is 0.257 e. The number of nitrogens with one attached hydrogen (secondary N) is 2. The van der Waals surface area contributed by atoms with Gasteiger partial charge in [0.2, 0.25) is 0 Å². The Kier molecular flexibility index (Phi) is 7.89. The monoisotopic (exact) mass is 548 g/mol. The van der Waals surface area contributed by atoms with Crippen LogP contribution in [0.5, 0.6) is 0 Å². The molecule has 5 rings (SSSR count). The lowest BCUT2D eigenvalue weighted by atomic mass is 10.0. The standard InChI is InChI=1S/C32H32N6OS/c1-5-37(6-2)26-16-17-30(22(4)18-26)38-35-28-19-21(3)27(20-29(28)36-38)33-32(40)34-31(39)25-14-12-24(13-15-25)23-10-8-7-9-11-23/h7-20H,5-6H2,1-4H3,(H2,33,34,39,40). The number of thiocarbonyl (C=S) groups is 1. The fourth-order valence-corrected chi connectivity index (χ4v) is 4.94. The van der Waals surface area contributed by atoms with Gasteiger partial charge in [-0.05, 0) is 105 Å². The van der Waals surface area contributed by atoms with Crippen LogP contribution in [0.2, 0.25) is 0 Å². The third kappa shape index (κ3) is 5.72. The Morgan fingerprint density at radius 2 is 1.48 bits per heavy atom. The van der Waals surface area contributed by atoms with Gasteiger partial charge >= 0.3 is 0 Å². The van der Waals surface area contributed by atoms with Gasteiger partial charge in [-0.15, -0.1) is 10.2 Å². The molecule has 202 valence electrons. The first kappa shape index (κ1) is 27.0. The van der Waals surface area contributed by atoms with E-state index in [0.29, 0.717) is 5.56 Å². The van der Waals surface area contributed by atoms with Gasteiger partial charge in [0.05, 0.1) is 5.69 Å². The summed E-state index contributed by atoms with van der Waals surface area (Å²) in [7, 11) is 0. The predicted molar refractivity (Wildman–Crippen MR) is 167 cm³/mol. The lowest BCUT2D eigenvalue weighted by Gasteiger charge is -2.22. The SMILES string of the molecule is CCN(CC)c1ccc(-n2nc3cc(C)c(NC(=S)NC(=O)c4ccc(-c5ccccc5)cc4)cc3n2)c(C)c1. The molecule has 0 saturated carbocycles. The zero-order chi connectivity index (χ0) is 28.2. The number of anilines is 2. The lowest BCUT2D eigenvalue weighted by Crippen LogP contribution is -2.34. The number of hydrogen-bond donors (Lipinski definition) is 2. The van der Waals surface area contributed by atoms with Crippen molar-refractivity contribution < 1.29 is 4.79 Å². The highest BCUT2D eigenvalue weighted by molar-refractivity contribution is 7.80. The van der Waals surface area contributed by atoms with Crippen molar-refractivity contribution in [2.75, 3.05) is 23.3 Å². The molecule has 2 N–H and O–H groups in total. The zero-order valence-electron chi connectivity index (χ0n) is 23.1. The molecule has 7 nitrogen and oxygen atoms in total. The Morgan fingerprint density at radius 3 is 2.12 bits per heavy atom. The third-order valence-electron chi connectivity index (χ3n) is 6.98. The third-order valence-corrected chi connectivity index (χ3v) is 7.18. The summed E-state index contributed by atoms with van der Waals surface area (Å²) in [6.07, 6.45) is 0. The lowest BCUT2D eigenvalue weighted by molar-refractivity contribution is 0.0977. The Labute approximate surface area is 239 Å². The first-order valence-electron chi connectivity index (χ1n) is 13.4. The summed E-state index contributed by atoms with van der Waals surface area (Å²) < 4.78 is 0. The first-order valence-corrected chi connectivity index (χ1v) is 13.8. The van der Waals surface area contributed by atoms with Crippen LogP contribution < -0.4 is 15.5 Å². The topological polar surface area (TPSA) is 75.1 Å². The Bertz CT molecular complexity index is 1670. The fourth-order valence-electron chi connectivity index (χ4n) is 4.73. The van der Waals surface area contributed by atoms with Gasteiger partial charge in [0.15, 0.2) is 5.11 Å². The van der Waals surface area contributed by atoms with Crippen molar-refractivity contribution in [2.24, 2.45) is 0 Å². The van der Waals surface area contributed by atoms with Crippen LogP contribution in [0.15, 0.2) is 84.9 Å². The molecule has 8 heteroatoms. The van der Waals surface area contributed by atoms with Gasteiger partial charge in [-0.2, -0.15) is 4.80 Å². The number of hydrogen-bond acceptors (Lipinski definition) is 5. The number of carbonyl (C=O) groups is 1. The highest BCUT2D eigenvalue weighted by Gasteiger charge is 2.14. The quantitative estimate of drug-likeness (QED) is 0.221. The van der Waals surface area contributed by atoms with Crippen LogP contribution in [0.3, 0.4) is 0 Å². The predicted octanol–water partition coefficient (Wildman–Crippen LogP) is 6.68. The smallest absolute Gasteiger partial charge is 0.257 e. The van der Waals surface area contributed by atoms with E-state index in [0.717, 1.165) is 57.8 Å². The molecule has 1 amide bonds. The number of aryl methyl sites for hydroxylation is 2. The highest BCUT2D eigenvalue weighted by Crippen LogP contribution is 2.25. The molecule has 0 aliphatic heterocycles. The number of aromatic nitrogens is 3. The fraction of sp³-hybridized carbons (Fsp3) is 0.188. The van der Waals surface area contributed by atoms with E-state index in [1.165, 1.54) is 5.69 Å². The molecule has 0 bridgehead atoms. The summed E-state index contributed by atoms with van der Waals surface area (Å²) in [6, 6.07) is 27.7. The number of carbonyl (C=O) groups excluding carboxylic acids is 1. The van der Waals surface area contributed by atoms with Crippen LogP contribution in [-0.4, -0.2) is 39.1 Å². The van der Waals surface area contributed by atoms with E-state index in [9.17, 15) is 4.79 Å². The minimum Gasteiger partial charge on any atom is -0.372 e. The number of rotatable bonds is 7. The summed E-state index contributed by atoms with van der Waals surface area (Å²) >= 11 is 5.46. The average molecular weight is 549 g/mol. The molecular formula is C32H32N6OS. The minimum absolute atomic E-state index is 0.217. The van der Waals surface area contributed by atoms with Crippen LogP contribution in [-0.2, 0) is 0 Å². The second-order valence-corrected chi connectivity index (χ2v) is 10.0. The van der Waals surface area contributed by atoms with Crippen molar-refractivity contribution in [2.45, 2.75) is 27.7 Å². The molecule has 0 saturated heterocycles. The highest BCUT2D eigenvalue weighted by atomic mass is 32.1. The van der Waals surface area contributed by atoms with Crippen molar-refractivity contribution in [3.05, 3.63) is 102 Å². The van der Waals surface area contributed by atoms with Gasteiger partial charge in [0.25, 0.3) is 5.91 Å². The molecule has 0 atom stereocenters. The van der Waals surface area contributed by atoms with E-state index in [-0.39, 0.29) is 11.0 Å². The van der Waals surface area contributed by atoms with Gasteiger partial charge in [-0.3, -0.25) is 10.1 Å². The molecule has 1 aromatic heterocycles. The van der Waals surface area contributed by atoms with E-state index in [4.69, 9.17) is 22.4 Å². The molecule has 0 aliphatic carbocycles. The summed E-state index contributed by atoms with van der Waals surface area (Å²) in [6.45, 7) is 10.3. The van der Waals surface area contributed by atoms with E-state index >= 15 is 0 Å². The van der Waals surface area contributed by atoms with Gasteiger partial charge < -0.3 is 10.2 Å². The molecular weight excluding hydrogens is 516 g/mol. The van der Waals surface area contributed by atoms with Gasteiger partial charge in [-0.25, -0.2) is 0 Å². The molecule has 40 heavy (non-hydrogen) atoms. The first-order chi connectivity index (χ1) is 19.4. The van der Waals surface area contributed by atoms with E-state index in [1.807, 2.05) is 61.5 Å². The largest absolute Gasteiger partial charge is 0.372 e. The second-order valence-electron chi connectivity index (χ2n) is 9.64. The van der Waals surface area contributed by atoms with Crippen molar-refractivity contribution in [3.8, 4) is 16.8 Å². The molecule has 0 unspecified atom stereocenters. The minimum atomic E-state index is -0.273. The van der Waals surface area contributed by atoms with Gasteiger partial charge in [0, 0.05) is 30.0 Å². The maximum absolute atomic E-state index is 12.8. The number of benzene rings is 4. The molecule has 4 aromatic carbocycles. The van der Waals surface area contributed by atoms with Crippen LogP contribution in [0, 0.1) is 13.8 Å². The zero-order valence-corrected chi connectivity index (χ0v) is 23.9. The van der Waals surface area contributed by atoms with Gasteiger partial charge in [-0.1, -0.05) is 42.5 Å². The Balaban J connectivity index is 1.29. The molecule has 0 spiro atoms. The second kappa shape index (κ2) is 11.7. The molecule has 1 heterocycles. The summed E-state index contributed by atoms with van der Waals surface area (Å²) in [5, 5.41) is 15.6. The molecule has 0 fully saturated rings. The summed E-state index contributed by atoms with van der Waals surface area (Å²) in [5.74, 6) is -0.273. The van der Waals surface area contributed by atoms with E-state index < -0.39 is 0 Å². The van der Waals surface area contributed by atoms with Crippen LogP contribution >= 0.6 is 12.2 Å². The van der Waals surface area contributed by atoms with Crippen LogP contribution in [0.25, 0.3) is 27.8 Å². The van der Waals surface area contributed by atoms with Crippen molar-refractivity contribution >= 4 is 45.6 Å². The molecule has 0 radical (unpaired) electrons. The van der Waals surface area contributed by atoms with Crippen LogP contribution in [0.1, 0.15) is 35.3 Å². The van der Waals surface area contributed by atoms with Crippen molar-refractivity contribution in [1.29, 1.82) is 0 Å². The number of nitrogens with zero attached hydrogens (tertiary/aromatic N) is 4. The summed E-state index contributed by atoms with van der Waals surface area (Å²) in [4.78, 5) is 16.8. The summed E-state index contributed by atoms with van der Waals surface area (Å²) in [5.41, 5.74) is 9.10. The van der Waals surface area contributed by atoms with E-state index in [1.54, 1.807) is 16.9 Å². The average Bonchev–Trinajstić information content (AvgIpc) is 3.36. The molecule has 5 aromatic rings. The number of amides is 1. The van der Waals surface area contributed by atoms with Crippen LogP contribution in [0.4, 0.5) is 11.4 Å². The van der Waals surface area contributed by atoms with E-state index in [2.05, 4.69) is 54.5 Å². The molecule has 0 aliphatic rings. The van der Waals surface area contributed by atoms with Gasteiger partial charge in [0.1, 0.15) is 11.0 Å². The maximum atomic E-state index is 12.8.